The van der Waals surface area contributed by atoms with E-state index in [1.54, 1.807) is 0 Å². The number of carbonyl (C=O) groups is 1. The number of hydrogen-bond donors (Lipinski definition) is 1. The summed E-state index contributed by atoms with van der Waals surface area (Å²) in [4.78, 5) is 35.4. The van der Waals surface area contributed by atoms with E-state index in [0.717, 1.165) is 32.3 Å². The van der Waals surface area contributed by atoms with Crippen LogP contribution in [0.4, 0.5) is 17.1 Å². The van der Waals surface area contributed by atoms with Crippen molar-refractivity contribution in [1.82, 2.24) is 4.90 Å². The highest BCUT2D eigenvalue weighted by molar-refractivity contribution is 5.99. The van der Waals surface area contributed by atoms with Gasteiger partial charge >= 0.3 is 5.97 Å². The van der Waals surface area contributed by atoms with Crippen LogP contribution in [-0.4, -0.2) is 66.7 Å². The summed E-state index contributed by atoms with van der Waals surface area (Å²) in [6, 6.07) is 1.86. The number of nitro groups is 2. The fourth-order valence-corrected chi connectivity index (χ4v) is 3.22. The van der Waals surface area contributed by atoms with Gasteiger partial charge in [0.1, 0.15) is 5.69 Å². The van der Waals surface area contributed by atoms with Gasteiger partial charge in [0.05, 0.1) is 41.8 Å². The summed E-state index contributed by atoms with van der Waals surface area (Å²) in [5.41, 5.74) is -1.42. The number of benzene rings is 1. The Morgan fingerprint density at radius 3 is 2.39 bits per heavy atom. The maximum absolute atomic E-state index is 12.1. The van der Waals surface area contributed by atoms with Crippen molar-refractivity contribution in [2.45, 2.75) is 19.9 Å². The van der Waals surface area contributed by atoms with Gasteiger partial charge in [0.25, 0.3) is 11.4 Å². The molecule has 0 amide bonds. The van der Waals surface area contributed by atoms with Crippen LogP contribution >= 0.6 is 0 Å². The van der Waals surface area contributed by atoms with Crippen LogP contribution in [0, 0.1) is 26.1 Å². The molecule has 0 spiro atoms. The van der Waals surface area contributed by atoms with Crippen LogP contribution in [0.15, 0.2) is 12.1 Å². The summed E-state index contributed by atoms with van der Waals surface area (Å²) in [5.74, 6) is -0.661. The molecule has 2 rings (SSSR count). The molecule has 11 heteroatoms. The predicted octanol–water partition coefficient (Wildman–Crippen LogP) is 2.06. The third-order valence-electron chi connectivity index (χ3n) is 4.69. The van der Waals surface area contributed by atoms with E-state index in [-0.39, 0.29) is 23.2 Å². The zero-order chi connectivity index (χ0) is 20.8. The van der Waals surface area contributed by atoms with E-state index >= 15 is 0 Å². The van der Waals surface area contributed by atoms with E-state index in [4.69, 9.17) is 4.74 Å². The minimum atomic E-state index is -0.887. The van der Waals surface area contributed by atoms with Gasteiger partial charge in [0, 0.05) is 31.7 Å². The quantitative estimate of drug-likeness (QED) is 0.397. The zero-order valence-corrected chi connectivity index (χ0v) is 16.0. The third-order valence-corrected chi connectivity index (χ3v) is 4.69. The van der Waals surface area contributed by atoms with E-state index in [2.05, 4.69) is 15.0 Å². The van der Waals surface area contributed by atoms with E-state index in [1.165, 1.54) is 0 Å². The van der Waals surface area contributed by atoms with E-state index < -0.39 is 27.2 Å². The van der Waals surface area contributed by atoms with Crippen molar-refractivity contribution < 1.29 is 24.1 Å². The number of non-ortho nitro benzene ring substituents is 1. The second-order valence-electron chi connectivity index (χ2n) is 6.73. The van der Waals surface area contributed by atoms with Crippen LogP contribution in [0.2, 0.25) is 0 Å². The Balaban J connectivity index is 2.39. The molecule has 0 saturated carbocycles. The second kappa shape index (κ2) is 9.42. The highest BCUT2D eigenvalue weighted by atomic mass is 16.6. The number of nitro benzene ring substituents is 2. The normalized spacial score (nSPS) is 15.9. The number of nitrogens with one attached hydrogen (secondary N) is 1. The molecule has 1 saturated heterocycles. The summed E-state index contributed by atoms with van der Waals surface area (Å²) in [6.45, 7) is 7.07. The van der Waals surface area contributed by atoms with Gasteiger partial charge in [-0.2, -0.15) is 0 Å². The van der Waals surface area contributed by atoms with Crippen LogP contribution in [0.5, 0.6) is 0 Å². The van der Waals surface area contributed by atoms with Gasteiger partial charge in [-0.3, -0.25) is 25.1 Å². The van der Waals surface area contributed by atoms with Gasteiger partial charge in [-0.1, -0.05) is 13.8 Å². The molecule has 1 aromatic rings. The number of hydrogen-bond acceptors (Lipinski definition) is 9. The largest absolute Gasteiger partial charge is 0.465 e. The number of ether oxygens (including phenoxy) is 2. The number of esters is 1. The Morgan fingerprint density at radius 1 is 1.25 bits per heavy atom. The molecule has 1 aromatic carbocycles. The lowest BCUT2D eigenvalue weighted by Gasteiger charge is -2.37. The summed E-state index contributed by atoms with van der Waals surface area (Å²) >= 11 is 0. The van der Waals surface area contributed by atoms with Gasteiger partial charge in [-0.05, 0) is 5.92 Å². The number of nitrogens with zero attached hydrogens (tertiary/aromatic N) is 3. The van der Waals surface area contributed by atoms with Gasteiger partial charge < -0.3 is 14.8 Å². The summed E-state index contributed by atoms with van der Waals surface area (Å²) in [5, 5.41) is 25.6. The standard InChI is InChI=1S/C17H24N4O7/c1-11(2)15(19-4-6-28-7-5-19)10-18-16-13(17(22)27-3)8-12(20(23)24)9-14(16)21(25)26/h8-9,11,15,18H,4-7,10H2,1-3H3. The Bertz CT molecular complexity index is 747. The fraction of sp³-hybridized carbons (Fsp3) is 0.588. The molecule has 11 nitrogen and oxygen atoms in total. The van der Waals surface area contributed by atoms with Crippen LogP contribution in [0.1, 0.15) is 24.2 Å². The topological polar surface area (TPSA) is 137 Å². The third kappa shape index (κ3) is 4.93. The van der Waals surface area contributed by atoms with Crippen LogP contribution in [0.25, 0.3) is 0 Å². The first-order chi connectivity index (χ1) is 13.3. The molecule has 1 aliphatic heterocycles. The van der Waals surface area contributed by atoms with Gasteiger partial charge in [-0.25, -0.2) is 4.79 Å². The molecule has 1 aliphatic rings. The smallest absolute Gasteiger partial charge is 0.340 e. The molecule has 0 aliphatic carbocycles. The van der Waals surface area contributed by atoms with Gasteiger partial charge in [0.15, 0.2) is 0 Å². The SMILES string of the molecule is COC(=O)c1cc([N+](=O)[O-])cc([N+](=O)[O-])c1NCC(C(C)C)N1CCOCC1. The molecule has 0 aromatic heterocycles. The maximum Gasteiger partial charge on any atom is 0.340 e. The molecule has 28 heavy (non-hydrogen) atoms. The van der Waals surface area contributed by atoms with Gasteiger partial charge in [0.2, 0.25) is 0 Å². The lowest BCUT2D eigenvalue weighted by atomic mass is 10.0. The van der Waals surface area contributed by atoms with Crippen molar-refractivity contribution in [3.05, 3.63) is 37.9 Å². The van der Waals surface area contributed by atoms with Gasteiger partial charge in [-0.15, -0.1) is 0 Å². The first-order valence-corrected chi connectivity index (χ1v) is 8.87. The monoisotopic (exact) mass is 396 g/mol. The minimum Gasteiger partial charge on any atom is -0.465 e. The molecular formula is C17H24N4O7. The molecule has 1 unspecified atom stereocenters. The van der Waals surface area contributed by atoms with Crippen LogP contribution < -0.4 is 5.32 Å². The van der Waals surface area contributed by atoms with E-state index in [1.807, 2.05) is 13.8 Å². The van der Waals surface area contributed by atoms with Crippen molar-refractivity contribution in [3.8, 4) is 0 Å². The number of carbonyl (C=O) groups excluding carboxylic acids is 1. The maximum atomic E-state index is 12.1. The summed E-state index contributed by atoms with van der Waals surface area (Å²) < 4.78 is 10.0. The fourth-order valence-electron chi connectivity index (χ4n) is 3.22. The minimum absolute atomic E-state index is 0.0317. The Labute approximate surface area is 161 Å². The van der Waals surface area contributed by atoms with Crippen molar-refractivity contribution in [3.63, 3.8) is 0 Å². The van der Waals surface area contributed by atoms with Crippen molar-refractivity contribution >= 4 is 23.0 Å². The predicted molar refractivity (Wildman–Crippen MR) is 101 cm³/mol. The number of anilines is 1. The lowest BCUT2D eigenvalue weighted by molar-refractivity contribution is -0.393. The van der Waals surface area contributed by atoms with E-state index in [9.17, 15) is 25.0 Å². The van der Waals surface area contributed by atoms with Crippen LogP contribution in [-0.2, 0) is 9.47 Å². The molecule has 1 atom stereocenters. The van der Waals surface area contributed by atoms with Crippen molar-refractivity contribution in [2.75, 3.05) is 45.3 Å². The molecule has 1 heterocycles. The number of rotatable bonds is 8. The average Bonchev–Trinajstić information content (AvgIpc) is 2.67. The molecular weight excluding hydrogens is 372 g/mol. The zero-order valence-electron chi connectivity index (χ0n) is 16.0. The number of methoxy groups -OCH3 is 1. The van der Waals surface area contributed by atoms with Crippen molar-refractivity contribution in [2.24, 2.45) is 5.92 Å². The lowest BCUT2D eigenvalue weighted by Crippen LogP contribution is -2.49. The molecule has 0 bridgehead atoms. The summed E-state index contributed by atoms with van der Waals surface area (Å²) in [6.07, 6.45) is 0. The average molecular weight is 396 g/mol. The highest BCUT2D eigenvalue weighted by Gasteiger charge is 2.30. The van der Waals surface area contributed by atoms with E-state index in [0.29, 0.717) is 19.8 Å². The Morgan fingerprint density at radius 2 is 1.89 bits per heavy atom. The Kier molecular flexibility index (Phi) is 7.24. The number of morpholine rings is 1. The first-order valence-electron chi connectivity index (χ1n) is 8.87. The molecule has 154 valence electrons. The molecule has 1 N–H and O–H groups in total. The van der Waals surface area contributed by atoms with Crippen molar-refractivity contribution in [1.29, 1.82) is 0 Å². The summed E-state index contributed by atoms with van der Waals surface area (Å²) in [7, 11) is 1.11. The molecule has 1 fully saturated rings. The molecule has 0 radical (unpaired) electrons. The Hall–Kier alpha value is -2.79. The second-order valence-corrected chi connectivity index (χ2v) is 6.73. The highest BCUT2D eigenvalue weighted by Crippen LogP contribution is 2.34. The van der Waals surface area contributed by atoms with Crippen LogP contribution in [0.3, 0.4) is 0 Å². The first kappa shape index (κ1) is 21.5.